The standard InChI is InChI=1S/C19H22FN3O/c1-3-18(14-8-10-21-11-9-14)23(2)19(24)22-17-7-5-13-4-6-15(20)12-16(13)17/h4,6,8-12,17-18H,3,5,7H2,1-2H3,(H,22,24)/t17-,18-/m0/s1. The van der Waals surface area contributed by atoms with E-state index in [4.69, 9.17) is 0 Å². The van der Waals surface area contributed by atoms with E-state index in [0.29, 0.717) is 0 Å². The number of nitrogens with zero attached hydrogens (tertiary/aromatic N) is 2. The van der Waals surface area contributed by atoms with Gasteiger partial charge in [0.05, 0.1) is 12.1 Å². The molecule has 2 atom stereocenters. The molecule has 5 heteroatoms. The number of fused-ring (bicyclic) bond motifs is 1. The molecule has 0 fully saturated rings. The molecule has 2 amide bonds. The molecule has 1 heterocycles. The number of urea groups is 1. The summed E-state index contributed by atoms with van der Waals surface area (Å²) in [6.07, 6.45) is 5.96. The molecular weight excluding hydrogens is 305 g/mol. The van der Waals surface area contributed by atoms with Crippen molar-refractivity contribution in [1.82, 2.24) is 15.2 Å². The number of halogens is 1. The lowest BCUT2D eigenvalue weighted by Crippen LogP contribution is -2.40. The van der Waals surface area contributed by atoms with E-state index in [1.807, 2.05) is 18.2 Å². The van der Waals surface area contributed by atoms with Gasteiger partial charge in [0, 0.05) is 19.4 Å². The van der Waals surface area contributed by atoms with Gasteiger partial charge in [-0.25, -0.2) is 9.18 Å². The van der Waals surface area contributed by atoms with E-state index in [-0.39, 0.29) is 23.9 Å². The highest BCUT2D eigenvalue weighted by molar-refractivity contribution is 5.75. The summed E-state index contributed by atoms with van der Waals surface area (Å²) < 4.78 is 13.5. The summed E-state index contributed by atoms with van der Waals surface area (Å²) in [5.41, 5.74) is 3.07. The van der Waals surface area contributed by atoms with Gasteiger partial charge in [-0.05, 0) is 60.2 Å². The van der Waals surface area contributed by atoms with E-state index in [1.54, 1.807) is 24.3 Å². The van der Waals surface area contributed by atoms with E-state index < -0.39 is 0 Å². The summed E-state index contributed by atoms with van der Waals surface area (Å²) in [5.74, 6) is -0.258. The highest BCUT2D eigenvalue weighted by Crippen LogP contribution is 2.32. The average Bonchev–Trinajstić information content (AvgIpc) is 2.98. The van der Waals surface area contributed by atoms with E-state index >= 15 is 0 Å². The molecule has 0 saturated heterocycles. The smallest absolute Gasteiger partial charge is 0.318 e. The maximum absolute atomic E-state index is 13.5. The summed E-state index contributed by atoms with van der Waals surface area (Å²) in [6.45, 7) is 2.05. The molecule has 126 valence electrons. The van der Waals surface area contributed by atoms with Crippen LogP contribution in [0.1, 0.15) is 48.5 Å². The molecule has 1 N–H and O–H groups in total. The molecule has 0 aliphatic heterocycles. The van der Waals surface area contributed by atoms with E-state index in [1.165, 1.54) is 12.1 Å². The molecule has 0 radical (unpaired) electrons. The lowest BCUT2D eigenvalue weighted by atomic mass is 10.0. The highest BCUT2D eigenvalue weighted by atomic mass is 19.1. The third-order valence-electron chi connectivity index (χ3n) is 4.75. The van der Waals surface area contributed by atoms with Gasteiger partial charge in [0.1, 0.15) is 5.82 Å². The molecule has 0 unspecified atom stereocenters. The Kier molecular flexibility index (Phi) is 4.79. The summed E-state index contributed by atoms with van der Waals surface area (Å²) in [4.78, 5) is 18.4. The van der Waals surface area contributed by atoms with Crippen LogP contribution in [0.4, 0.5) is 9.18 Å². The number of aryl methyl sites for hydroxylation is 1. The minimum Gasteiger partial charge on any atom is -0.331 e. The van der Waals surface area contributed by atoms with Crippen molar-refractivity contribution in [3.63, 3.8) is 0 Å². The first kappa shape index (κ1) is 16.4. The van der Waals surface area contributed by atoms with E-state index in [2.05, 4.69) is 17.2 Å². The predicted molar refractivity (Wildman–Crippen MR) is 91.0 cm³/mol. The minimum atomic E-state index is -0.258. The van der Waals surface area contributed by atoms with Gasteiger partial charge in [0.2, 0.25) is 0 Å². The van der Waals surface area contributed by atoms with Crippen molar-refractivity contribution >= 4 is 6.03 Å². The third-order valence-corrected chi connectivity index (χ3v) is 4.75. The third kappa shape index (κ3) is 3.25. The summed E-state index contributed by atoms with van der Waals surface area (Å²) in [6, 6.07) is 8.41. The molecule has 1 aromatic carbocycles. The Morgan fingerprint density at radius 3 is 2.83 bits per heavy atom. The van der Waals surface area contributed by atoms with Crippen LogP contribution in [0.15, 0.2) is 42.7 Å². The second-order valence-corrected chi connectivity index (χ2v) is 6.20. The van der Waals surface area contributed by atoms with Gasteiger partial charge in [-0.15, -0.1) is 0 Å². The molecule has 0 saturated carbocycles. The summed E-state index contributed by atoms with van der Waals surface area (Å²) in [5, 5.41) is 3.05. The fourth-order valence-corrected chi connectivity index (χ4v) is 3.43. The number of aromatic nitrogens is 1. The van der Waals surface area contributed by atoms with Gasteiger partial charge < -0.3 is 10.2 Å². The zero-order valence-corrected chi connectivity index (χ0v) is 14.0. The first-order valence-corrected chi connectivity index (χ1v) is 8.31. The lowest BCUT2D eigenvalue weighted by Gasteiger charge is -2.29. The van der Waals surface area contributed by atoms with Crippen LogP contribution >= 0.6 is 0 Å². The van der Waals surface area contributed by atoms with Crippen LogP contribution in [0, 0.1) is 5.82 Å². The number of rotatable bonds is 4. The number of hydrogen-bond acceptors (Lipinski definition) is 2. The molecule has 0 spiro atoms. The van der Waals surface area contributed by atoms with Crippen LogP contribution < -0.4 is 5.32 Å². The molecular formula is C19H22FN3O. The predicted octanol–water partition coefficient (Wildman–Crippen LogP) is 4.00. The molecule has 24 heavy (non-hydrogen) atoms. The first-order valence-electron chi connectivity index (χ1n) is 8.31. The average molecular weight is 327 g/mol. The van der Waals surface area contributed by atoms with Crippen molar-refractivity contribution in [1.29, 1.82) is 0 Å². The summed E-state index contributed by atoms with van der Waals surface area (Å²) in [7, 11) is 1.80. The van der Waals surface area contributed by atoms with Crippen molar-refractivity contribution in [2.24, 2.45) is 0 Å². The highest BCUT2D eigenvalue weighted by Gasteiger charge is 2.27. The number of carbonyl (C=O) groups excluding carboxylic acids is 1. The Morgan fingerprint density at radius 1 is 1.38 bits per heavy atom. The molecule has 1 aliphatic carbocycles. The number of nitrogens with one attached hydrogen (secondary N) is 1. The van der Waals surface area contributed by atoms with E-state index in [9.17, 15) is 9.18 Å². The molecule has 2 aromatic rings. The Morgan fingerprint density at radius 2 is 2.12 bits per heavy atom. The quantitative estimate of drug-likeness (QED) is 0.922. The Balaban J connectivity index is 1.72. The minimum absolute atomic E-state index is 0.0126. The van der Waals surface area contributed by atoms with Crippen molar-refractivity contribution in [3.8, 4) is 0 Å². The Bertz CT molecular complexity index is 720. The van der Waals surface area contributed by atoms with Gasteiger partial charge in [-0.2, -0.15) is 0 Å². The molecule has 0 bridgehead atoms. The molecule has 3 rings (SSSR count). The second kappa shape index (κ2) is 6.99. The largest absolute Gasteiger partial charge is 0.331 e. The molecule has 4 nitrogen and oxygen atoms in total. The van der Waals surface area contributed by atoms with Gasteiger partial charge in [0.25, 0.3) is 0 Å². The lowest BCUT2D eigenvalue weighted by molar-refractivity contribution is 0.184. The Labute approximate surface area is 141 Å². The normalized spacial score (nSPS) is 17.2. The second-order valence-electron chi connectivity index (χ2n) is 6.20. The van der Waals surface area contributed by atoms with E-state index in [0.717, 1.165) is 36.0 Å². The van der Waals surface area contributed by atoms with Gasteiger partial charge in [-0.3, -0.25) is 4.98 Å². The van der Waals surface area contributed by atoms with Crippen LogP contribution in [0.25, 0.3) is 0 Å². The summed E-state index contributed by atoms with van der Waals surface area (Å²) >= 11 is 0. The number of pyridine rings is 1. The van der Waals surface area contributed by atoms with Crippen molar-refractivity contribution in [2.45, 2.75) is 38.3 Å². The zero-order chi connectivity index (χ0) is 17.1. The van der Waals surface area contributed by atoms with Crippen LogP contribution in [0.5, 0.6) is 0 Å². The monoisotopic (exact) mass is 327 g/mol. The van der Waals surface area contributed by atoms with Crippen LogP contribution in [0.3, 0.4) is 0 Å². The molecule has 1 aliphatic rings. The first-order chi connectivity index (χ1) is 11.6. The van der Waals surface area contributed by atoms with Crippen molar-refractivity contribution in [3.05, 3.63) is 65.2 Å². The van der Waals surface area contributed by atoms with Crippen LogP contribution in [-0.4, -0.2) is 23.0 Å². The number of benzene rings is 1. The maximum Gasteiger partial charge on any atom is 0.318 e. The van der Waals surface area contributed by atoms with Crippen molar-refractivity contribution < 1.29 is 9.18 Å². The number of carbonyl (C=O) groups is 1. The SMILES string of the molecule is CC[C@@H](c1ccncc1)N(C)C(=O)N[C@H]1CCc2ccc(F)cc21. The van der Waals surface area contributed by atoms with Gasteiger partial charge >= 0.3 is 6.03 Å². The molecule has 1 aromatic heterocycles. The fourth-order valence-electron chi connectivity index (χ4n) is 3.43. The topological polar surface area (TPSA) is 45.2 Å². The van der Waals surface area contributed by atoms with Crippen LogP contribution in [0.2, 0.25) is 0 Å². The maximum atomic E-state index is 13.5. The fraction of sp³-hybridized carbons (Fsp3) is 0.368. The number of amides is 2. The van der Waals surface area contributed by atoms with Gasteiger partial charge in [-0.1, -0.05) is 13.0 Å². The zero-order valence-electron chi connectivity index (χ0n) is 14.0. The number of hydrogen-bond donors (Lipinski definition) is 1. The van der Waals surface area contributed by atoms with Gasteiger partial charge in [0.15, 0.2) is 0 Å². The van der Waals surface area contributed by atoms with Crippen molar-refractivity contribution in [2.75, 3.05) is 7.05 Å². The Hall–Kier alpha value is -2.43. The van der Waals surface area contributed by atoms with Crippen LogP contribution in [-0.2, 0) is 6.42 Å².